The van der Waals surface area contributed by atoms with Crippen LogP contribution in [-0.4, -0.2) is 89.7 Å². The summed E-state index contributed by atoms with van der Waals surface area (Å²) < 4.78 is 7.12. The maximum Gasteiger partial charge on any atom is 0.276 e. The van der Waals surface area contributed by atoms with Gasteiger partial charge in [0.2, 0.25) is 0 Å². The van der Waals surface area contributed by atoms with E-state index in [0.29, 0.717) is 17.8 Å². The number of nitrogens with one attached hydrogen (secondary N) is 1. The number of hydrogen-bond donors (Lipinski definition) is 1. The molecule has 3 heterocycles. The maximum absolute atomic E-state index is 12.9. The van der Waals surface area contributed by atoms with Crippen molar-refractivity contribution in [3.63, 3.8) is 0 Å². The Hall–Kier alpha value is -1.51. The van der Waals surface area contributed by atoms with E-state index in [-0.39, 0.29) is 5.91 Å². The molecule has 2 aliphatic heterocycles. The second-order valence-corrected chi connectivity index (χ2v) is 7.08. The molecule has 1 atom stereocenters. The molecular formula is C17H30N6O2. The number of carbonyl (C=O) groups excluding carboxylic acids is 1. The van der Waals surface area contributed by atoms with Crippen molar-refractivity contribution in [2.45, 2.75) is 38.8 Å². The van der Waals surface area contributed by atoms with Gasteiger partial charge in [0.25, 0.3) is 5.91 Å². The first-order valence-corrected chi connectivity index (χ1v) is 9.26. The van der Waals surface area contributed by atoms with Crippen LogP contribution in [0.5, 0.6) is 0 Å². The van der Waals surface area contributed by atoms with E-state index >= 15 is 0 Å². The molecule has 1 amide bonds. The minimum absolute atomic E-state index is 0.0101. The number of carbonyl (C=O) groups is 1. The average Bonchev–Trinajstić information content (AvgIpc) is 3.02. The van der Waals surface area contributed by atoms with Gasteiger partial charge in [-0.1, -0.05) is 5.21 Å². The Morgan fingerprint density at radius 3 is 2.76 bits per heavy atom. The number of aromatic nitrogens is 3. The SMILES string of the molecule is COCCN1CCN(C(=O)c2nnn(C3CCNCC3)c2C)CC1C. The molecule has 2 saturated heterocycles. The number of amides is 1. The predicted octanol–water partition coefficient (Wildman–Crippen LogP) is 0.304. The summed E-state index contributed by atoms with van der Waals surface area (Å²) in [6, 6.07) is 0.674. The molecule has 0 saturated carbocycles. The number of nitrogens with zero attached hydrogens (tertiary/aromatic N) is 5. The van der Waals surface area contributed by atoms with Crippen LogP contribution in [-0.2, 0) is 4.74 Å². The first-order chi connectivity index (χ1) is 12.1. The smallest absolute Gasteiger partial charge is 0.276 e. The molecule has 1 N–H and O–H groups in total. The molecule has 0 aromatic carbocycles. The summed E-state index contributed by atoms with van der Waals surface area (Å²) in [4.78, 5) is 17.2. The van der Waals surface area contributed by atoms with Crippen LogP contribution in [0.1, 0.15) is 42.0 Å². The molecule has 2 aliphatic rings. The van der Waals surface area contributed by atoms with Gasteiger partial charge >= 0.3 is 0 Å². The van der Waals surface area contributed by atoms with Gasteiger partial charge < -0.3 is 15.0 Å². The summed E-state index contributed by atoms with van der Waals surface area (Å²) in [5.74, 6) is 0.0101. The van der Waals surface area contributed by atoms with Crippen LogP contribution in [0.15, 0.2) is 0 Å². The zero-order valence-electron chi connectivity index (χ0n) is 15.6. The van der Waals surface area contributed by atoms with E-state index in [0.717, 1.165) is 64.4 Å². The zero-order chi connectivity index (χ0) is 17.8. The lowest BCUT2D eigenvalue weighted by molar-refractivity contribution is 0.0429. The summed E-state index contributed by atoms with van der Waals surface area (Å²) in [6.07, 6.45) is 2.07. The number of methoxy groups -OCH3 is 1. The van der Waals surface area contributed by atoms with Crippen LogP contribution in [0.2, 0.25) is 0 Å². The third-order valence-electron chi connectivity index (χ3n) is 5.42. The van der Waals surface area contributed by atoms with E-state index in [2.05, 4.69) is 27.5 Å². The Bertz CT molecular complexity index is 584. The fraction of sp³-hybridized carbons (Fsp3) is 0.824. The van der Waals surface area contributed by atoms with E-state index in [1.165, 1.54) is 0 Å². The molecule has 1 aromatic heterocycles. The van der Waals surface area contributed by atoms with Crippen molar-refractivity contribution in [2.24, 2.45) is 0 Å². The quantitative estimate of drug-likeness (QED) is 0.823. The van der Waals surface area contributed by atoms with Crippen LogP contribution in [0, 0.1) is 6.92 Å². The lowest BCUT2D eigenvalue weighted by Crippen LogP contribution is -2.54. The molecule has 0 bridgehead atoms. The van der Waals surface area contributed by atoms with Crippen molar-refractivity contribution >= 4 is 5.91 Å². The van der Waals surface area contributed by atoms with E-state index < -0.39 is 0 Å². The van der Waals surface area contributed by atoms with E-state index in [9.17, 15) is 4.79 Å². The first kappa shape index (κ1) is 18.3. The van der Waals surface area contributed by atoms with Crippen LogP contribution in [0.25, 0.3) is 0 Å². The van der Waals surface area contributed by atoms with Gasteiger partial charge in [-0.2, -0.15) is 0 Å². The summed E-state index contributed by atoms with van der Waals surface area (Å²) in [5, 5.41) is 11.9. The minimum Gasteiger partial charge on any atom is -0.383 e. The van der Waals surface area contributed by atoms with Gasteiger partial charge in [-0.05, 0) is 39.8 Å². The van der Waals surface area contributed by atoms with Gasteiger partial charge in [-0.15, -0.1) is 5.10 Å². The third kappa shape index (κ3) is 4.02. The maximum atomic E-state index is 12.9. The molecule has 140 valence electrons. The second kappa shape index (κ2) is 8.25. The molecular weight excluding hydrogens is 320 g/mol. The Morgan fingerprint density at radius 1 is 1.32 bits per heavy atom. The van der Waals surface area contributed by atoms with Gasteiger partial charge in [-0.25, -0.2) is 4.68 Å². The molecule has 25 heavy (non-hydrogen) atoms. The van der Waals surface area contributed by atoms with Gasteiger partial charge in [0.05, 0.1) is 18.3 Å². The number of ether oxygens (including phenoxy) is 1. The normalized spacial score (nSPS) is 23.2. The first-order valence-electron chi connectivity index (χ1n) is 9.26. The fourth-order valence-corrected chi connectivity index (χ4v) is 3.81. The topological polar surface area (TPSA) is 75.5 Å². The summed E-state index contributed by atoms with van der Waals surface area (Å²) in [6.45, 7) is 10.1. The number of hydrogen-bond acceptors (Lipinski definition) is 6. The minimum atomic E-state index is 0.0101. The van der Waals surface area contributed by atoms with Gasteiger partial charge in [0.15, 0.2) is 5.69 Å². The number of piperazine rings is 1. The van der Waals surface area contributed by atoms with E-state index in [4.69, 9.17) is 4.74 Å². The van der Waals surface area contributed by atoms with Crippen LogP contribution < -0.4 is 5.32 Å². The van der Waals surface area contributed by atoms with E-state index in [1.54, 1.807) is 7.11 Å². The van der Waals surface area contributed by atoms with E-state index in [1.807, 2.05) is 16.5 Å². The summed E-state index contributed by atoms with van der Waals surface area (Å²) >= 11 is 0. The zero-order valence-corrected chi connectivity index (χ0v) is 15.6. The molecule has 0 spiro atoms. The highest BCUT2D eigenvalue weighted by molar-refractivity contribution is 5.93. The molecule has 1 aromatic rings. The van der Waals surface area contributed by atoms with Gasteiger partial charge in [0.1, 0.15) is 0 Å². The molecule has 3 rings (SSSR count). The van der Waals surface area contributed by atoms with Crippen molar-refractivity contribution < 1.29 is 9.53 Å². The van der Waals surface area contributed by atoms with Gasteiger partial charge in [-0.3, -0.25) is 9.69 Å². The Kier molecular flexibility index (Phi) is 6.03. The summed E-state index contributed by atoms with van der Waals surface area (Å²) in [7, 11) is 1.72. The number of piperidine rings is 1. The predicted molar refractivity (Wildman–Crippen MR) is 94.7 cm³/mol. The molecule has 8 heteroatoms. The Labute approximate surface area is 149 Å². The monoisotopic (exact) mass is 350 g/mol. The Morgan fingerprint density at radius 2 is 2.08 bits per heavy atom. The molecule has 2 fully saturated rings. The van der Waals surface area contributed by atoms with Crippen molar-refractivity contribution in [1.29, 1.82) is 0 Å². The highest BCUT2D eigenvalue weighted by Crippen LogP contribution is 2.21. The molecule has 0 radical (unpaired) electrons. The summed E-state index contributed by atoms with van der Waals surface area (Å²) in [5.41, 5.74) is 1.41. The largest absolute Gasteiger partial charge is 0.383 e. The van der Waals surface area contributed by atoms with Gasteiger partial charge in [0, 0.05) is 39.3 Å². The third-order valence-corrected chi connectivity index (χ3v) is 5.42. The van der Waals surface area contributed by atoms with Crippen molar-refractivity contribution in [2.75, 3.05) is 53.0 Å². The number of rotatable bonds is 5. The standard InChI is InChI=1S/C17H30N6O2/c1-13-12-22(9-8-21(13)10-11-25-3)17(24)16-14(2)23(20-19-16)15-4-6-18-7-5-15/h13,15,18H,4-12H2,1-3H3. The lowest BCUT2D eigenvalue weighted by Gasteiger charge is -2.39. The fourth-order valence-electron chi connectivity index (χ4n) is 3.81. The van der Waals surface area contributed by atoms with Crippen molar-refractivity contribution in [1.82, 2.24) is 30.1 Å². The molecule has 0 aliphatic carbocycles. The van der Waals surface area contributed by atoms with Crippen LogP contribution >= 0.6 is 0 Å². The molecule has 8 nitrogen and oxygen atoms in total. The van der Waals surface area contributed by atoms with Crippen molar-refractivity contribution in [3.05, 3.63) is 11.4 Å². The van der Waals surface area contributed by atoms with Crippen LogP contribution in [0.3, 0.4) is 0 Å². The van der Waals surface area contributed by atoms with Crippen molar-refractivity contribution in [3.8, 4) is 0 Å². The average molecular weight is 350 g/mol. The second-order valence-electron chi connectivity index (χ2n) is 7.08. The van der Waals surface area contributed by atoms with Crippen LogP contribution in [0.4, 0.5) is 0 Å². The molecule has 1 unspecified atom stereocenters. The Balaban J connectivity index is 1.64. The highest BCUT2D eigenvalue weighted by atomic mass is 16.5. The lowest BCUT2D eigenvalue weighted by atomic mass is 10.1. The highest BCUT2D eigenvalue weighted by Gasteiger charge is 2.30.